The summed E-state index contributed by atoms with van der Waals surface area (Å²) in [6, 6.07) is 9.95. The lowest BCUT2D eigenvalue weighted by Crippen LogP contribution is -2.37. The minimum absolute atomic E-state index is 0.243. The molecule has 1 N–H and O–H groups in total. The van der Waals surface area contributed by atoms with Gasteiger partial charge in [-0.25, -0.2) is 8.78 Å². The number of aryl methyl sites for hydroxylation is 1. The van der Waals surface area contributed by atoms with Crippen molar-refractivity contribution in [3.05, 3.63) is 65.2 Å². The van der Waals surface area contributed by atoms with Crippen molar-refractivity contribution in [3.63, 3.8) is 0 Å². The van der Waals surface area contributed by atoms with Gasteiger partial charge in [-0.15, -0.1) is 0 Å². The number of anilines is 1. The van der Waals surface area contributed by atoms with Gasteiger partial charge in [0.25, 0.3) is 0 Å². The minimum Gasteiger partial charge on any atom is -0.496 e. The van der Waals surface area contributed by atoms with Gasteiger partial charge in [-0.1, -0.05) is 6.07 Å². The van der Waals surface area contributed by atoms with Crippen LogP contribution in [0, 0.1) is 11.6 Å². The Morgan fingerprint density at radius 3 is 2.32 bits per heavy atom. The van der Waals surface area contributed by atoms with Crippen molar-refractivity contribution in [3.8, 4) is 5.75 Å². The third-order valence-corrected chi connectivity index (χ3v) is 5.14. The first-order chi connectivity index (χ1) is 14.7. The Labute approximate surface area is 183 Å². The predicted molar refractivity (Wildman–Crippen MR) is 122 cm³/mol. The highest BCUT2D eigenvalue weighted by Crippen LogP contribution is 2.24. The van der Waals surface area contributed by atoms with E-state index in [1.165, 1.54) is 6.07 Å². The van der Waals surface area contributed by atoms with Crippen LogP contribution >= 0.6 is 0 Å². The maximum Gasteiger partial charge on any atom is 0.248 e. The van der Waals surface area contributed by atoms with Gasteiger partial charge < -0.3 is 10.1 Å². The molecule has 2 rings (SSSR count). The van der Waals surface area contributed by atoms with Crippen LogP contribution in [0.1, 0.15) is 45.2 Å². The molecule has 6 heteroatoms. The Morgan fingerprint density at radius 1 is 1.10 bits per heavy atom. The normalized spacial score (nSPS) is 11.7. The van der Waals surface area contributed by atoms with E-state index >= 15 is 0 Å². The van der Waals surface area contributed by atoms with E-state index in [-0.39, 0.29) is 5.56 Å². The maximum absolute atomic E-state index is 13.7. The zero-order valence-electron chi connectivity index (χ0n) is 18.9. The number of methoxy groups -OCH3 is 1. The molecule has 0 saturated carbocycles. The van der Waals surface area contributed by atoms with Gasteiger partial charge in [0.2, 0.25) is 5.91 Å². The van der Waals surface area contributed by atoms with Gasteiger partial charge in [0.1, 0.15) is 17.4 Å². The van der Waals surface area contributed by atoms with E-state index in [0.29, 0.717) is 17.8 Å². The third kappa shape index (κ3) is 7.17. The molecule has 0 atom stereocenters. The largest absolute Gasteiger partial charge is 0.496 e. The number of carbonyl (C=O) groups excluding carboxylic acids is 1. The first-order valence-corrected chi connectivity index (χ1v) is 10.6. The van der Waals surface area contributed by atoms with E-state index in [9.17, 15) is 13.6 Å². The molecule has 0 aliphatic heterocycles. The summed E-state index contributed by atoms with van der Waals surface area (Å²) in [6.07, 6.45) is 4.01. The van der Waals surface area contributed by atoms with Gasteiger partial charge in [-0.3, -0.25) is 9.69 Å². The van der Waals surface area contributed by atoms with Crippen molar-refractivity contribution < 1.29 is 18.3 Å². The number of nitrogens with zero attached hydrogens (tertiary/aromatic N) is 1. The highest BCUT2D eigenvalue weighted by molar-refractivity contribution is 6.02. The fourth-order valence-electron chi connectivity index (χ4n) is 3.63. The number of hydrogen-bond acceptors (Lipinski definition) is 3. The molecular formula is C25H32F2N2O2. The number of rotatable bonds is 10. The Bertz CT molecular complexity index is 882. The number of amides is 1. The fourth-order valence-corrected chi connectivity index (χ4v) is 3.63. The molecule has 0 fully saturated rings. The molecule has 168 valence electrons. The average molecular weight is 431 g/mol. The SMILES string of the molecule is COc1ccc(NC(=O)C=Cc2c(F)cccc2F)cc1CCCN(C(C)C)C(C)C. The van der Waals surface area contributed by atoms with Crippen molar-refractivity contribution in [1.29, 1.82) is 0 Å². The molecule has 31 heavy (non-hydrogen) atoms. The highest BCUT2D eigenvalue weighted by atomic mass is 19.1. The van der Waals surface area contributed by atoms with Crippen LogP contribution in [0.4, 0.5) is 14.5 Å². The van der Waals surface area contributed by atoms with Gasteiger partial charge in [0, 0.05) is 29.4 Å². The lowest BCUT2D eigenvalue weighted by atomic mass is 10.1. The van der Waals surface area contributed by atoms with Crippen molar-refractivity contribution in [2.24, 2.45) is 0 Å². The van der Waals surface area contributed by atoms with E-state index in [0.717, 1.165) is 55.0 Å². The van der Waals surface area contributed by atoms with E-state index < -0.39 is 17.5 Å². The summed E-state index contributed by atoms with van der Waals surface area (Å²) >= 11 is 0. The molecule has 2 aromatic rings. The first-order valence-electron chi connectivity index (χ1n) is 10.6. The number of carbonyl (C=O) groups is 1. The molecule has 0 aromatic heterocycles. The van der Waals surface area contributed by atoms with E-state index in [1.807, 2.05) is 12.1 Å². The van der Waals surface area contributed by atoms with Crippen LogP contribution in [-0.2, 0) is 11.2 Å². The van der Waals surface area contributed by atoms with E-state index in [2.05, 4.69) is 37.9 Å². The molecule has 0 aliphatic rings. The average Bonchev–Trinajstić information content (AvgIpc) is 2.70. The Kier molecular flexibility index (Phi) is 9.19. The van der Waals surface area contributed by atoms with Gasteiger partial charge in [-0.05, 0) is 89.1 Å². The zero-order valence-corrected chi connectivity index (χ0v) is 18.9. The summed E-state index contributed by atoms with van der Waals surface area (Å²) in [5, 5.41) is 2.74. The number of ether oxygens (including phenoxy) is 1. The first kappa shape index (κ1) is 24.5. The van der Waals surface area contributed by atoms with Crippen LogP contribution in [0.2, 0.25) is 0 Å². The van der Waals surface area contributed by atoms with E-state index in [1.54, 1.807) is 13.2 Å². The van der Waals surface area contributed by atoms with Crippen LogP contribution in [0.5, 0.6) is 5.75 Å². The van der Waals surface area contributed by atoms with E-state index in [4.69, 9.17) is 4.74 Å². The summed E-state index contributed by atoms with van der Waals surface area (Å²) in [4.78, 5) is 14.7. The third-order valence-electron chi connectivity index (χ3n) is 5.14. The molecule has 0 spiro atoms. The molecule has 1 amide bonds. The van der Waals surface area contributed by atoms with Crippen LogP contribution in [0.25, 0.3) is 6.08 Å². The molecule has 0 unspecified atom stereocenters. The van der Waals surface area contributed by atoms with Crippen LogP contribution < -0.4 is 10.1 Å². The van der Waals surface area contributed by atoms with Gasteiger partial charge in [-0.2, -0.15) is 0 Å². The zero-order chi connectivity index (χ0) is 23.0. The fraction of sp³-hybridized carbons (Fsp3) is 0.400. The summed E-state index contributed by atoms with van der Waals surface area (Å²) in [7, 11) is 1.62. The molecule has 2 aromatic carbocycles. The number of hydrogen-bond donors (Lipinski definition) is 1. The molecule has 0 saturated heterocycles. The minimum atomic E-state index is -0.715. The quantitative estimate of drug-likeness (QED) is 0.493. The predicted octanol–water partition coefficient (Wildman–Crippen LogP) is 5.68. The molecule has 4 nitrogen and oxygen atoms in total. The summed E-state index contributed by atoms with van der Waals surface area (Å²) in [5.74, 6) is -1.13. The standard InChI is InChI=1S/C25H32F2N2O2/c1-17(2)29(18(3)4)15-7-8-19-16-20(11-13-24(19)31-5)28-25(30)14-12-21-22(26)9-6-10-23(21)27/h6,9-14,16-18H,7-8,15H2,1-5H3,(H,28,30). The molecule has 0 aliphatic carbocycles. The number of benzene rings is 2. The monoisotopic (exact) mass is 430 g/mol. The summed E-state index contributed by atoms with van der Waals surface area (Å²) < 4.78 is 32.9. The molecular weight excluding hydrogens is 398 g/mol. The van der Waals surface area contributed by atoms with Crippen molar-refractivity contribution in [1.82, 2.24) is 4.90 Å². The summed E-state index contributed by atoms with van der Waals surface area (Å²) in [5.41, 5.74) is 1.36. The highest BCUT2D eigenvalue weighted by Gasteiger charge is 2.14. The second-order valence-electron chi connectivity index (χ2n) is 8.01. The molecule has 0 heterocycles. The van der Waals surface area contributed by atoms with Crippen molar-refractivity contribution in [2.75, 3.05) is 19.0 Å². The van der Waals surface area contributed by atoms with Gasteiger partial charge >= 0.3 is 0 Å². The lowest BCUT2D eigenvalue weighted by molar-refractivity contribution is -0.111. The Balaban J connectivity index is 2.05. The number of nitrogens with one attached hydrogen (secondary N) is 1. The maximum atomic E-state index is 13.7. The van der Waals surface area contributed by atoms with Gasteiger partial charge in [0.05, 0.1) is 7.11 Å². The summed E-state index contributed by atoms with van der Waals surface area (Å²) in [6.45, 7) is 9.73. The lowest BCUT2D eigenvalue weighted by Gasteiger charge is -2.30. The van der Waals surface area contributed by atoms with Crippen LogP contribution in [0.3, 0.4) is 0 Å². The smallest absolute Gasteiger partial charge is 0.248 e. The van der Waals surface area contributed by atoms with Crippen molar-refractivity contribution in [2.45, 2.75) is 52.6 Å². The van der Waals surface area contributed by atoms with Crippen LogP contribution in [-0.4, -0.2) is 36.5 Å². The molecule has 0 radical (unpaired) electrons. The Morgan fingerprint density at radius 2 is 1.74 bits per heavy atom. The topological polar surface area (TPSA) is 41.6 Å². The van der Waals surface area contributed by atoms with Gasteiger partial charge in [0.15, 0.2) is 0 Å². The Hall–Kier alpha value is -2.73. The van der Waals surface area contributed by atoms with Crippen molar-refractivity contribution >= 4 is 17.7 Å². The second kappa shape index (κ2) is 11.6. The van der Waals surface area contributed by atoms with Crippen LogP contribution in [0.15, 0.2) is 42.5 Å². The number of halogens is 2. The second-order valence-corrected chi connectivity index (χ2v) is 8.01. The molecule has 0 bridgehead atoms.